The van der Waals surface area contributed by atoms with Gasteiger partial charge in [0.25, 0.3) is 0 Å². The van der Waals surface area contributed by atoms with Gasteiger partial charge < -0.3 is 4.74 Å². The van der Waals surface area contributed by atoms with Gasteiger partial charge >= 0.3 is 5.69 Å². The van der Waals surface area contributed by atoms with Gasteiger partial charge in [0, 0.05) is 19.2 Å². The van der Waals surface area contributed by atoms with Crippen LogP contribution in [0.1, 0.15) is 11.4 Å². The number of ether oxygens (including phenoxy) is 1. The van der Waals surface area contributed by atoms with E-state index in [9.17, 15) is 14.5 Å². The van der Waals surface area contributed by atoms with Crippen LogP contribution in [-0.2, 0) is 13.7 Å². The number of hydrogen-bond acceptors (Lipinski definition) is 4. The number of nitro benzene ring substituents is 1. The van der Waals surface area contributed by atoms with Gasteiger partial charge in [-0.15, -0.1) is 0 Å². The monoisotopic (exact) mass is 299 g/mol. The van der Waals surface area contributed by atoms with Gasteiger partial charge in [-0.2, -0.15) is 5.10 Å². The Hall–Kier alpha value is -2.15. The maximum atomic E-state index is 13.2. The Labute approximate surface area is 118 Å². The van der Waals surface area contributed by atoms with Gasteiger partial charge in [0.05, 0.1) is 21.3 Å². The molecule has 0 atom stereocenters. The van der Waals surface area contributed by atoms with E-state index in [0.717, 1.165) is 18.2 Å². The van der Waals surface area contributed by atoms with E-state index in [1.807, 2.05) is 0 Å². The normalized spacial score (nSPS) is 10.6. The van der Waals surface area contributed by atoms with Crippen molar-refractivity contribution in [3.05, 3.63) is 50.5 Å². The molecule has 0 radical (unpaired) electrons. The van der Waals surface area contributed by atoms with E-state index in [0.29, 0.717) is 16.4 Å². The molecule has 1 aromatic carbocycles. The average Bonchev–Trinajstić information content (AvgIpc) is 2.61. The van der Waals surface area contributed by atoms with Crippen LogP contribution in [0.15, 0.2) is 18.2 Å². The number of rotatable bonds is 4. The fourth-order valence-electron chi connectivity index (χ4n) is 1.74. The molecule has 2 aromatic rings. The van der Waals surface area contributed by atoms with Crippen molar-refractivity contribution in [1.29, 1.82) is 0 Å². The highest BCUT2D eigenvalue weighted by atomic mass is 35.5. The third-order valence-electron chi connectivity index (χ3n) is 2.74. The second kappa shape index (κ2) is 5.46. The van der Waals surface area contributed by atoms with Crippen LogP contribution in [-0.4, -0.2) is 14.7 Å². The lowest BCUT2D eigenvalue weighted by atomic mass is 10.3. The second-order valence-corrected chi connectivity index (χ2v) is 4.51. The number of halogens is 2. The highest BCUT2D eigenvalue weighted by Crippen LogP contribution is 2.29. The van der Waals surface area contributed by atoms with Crippen molar-refractivity contribution in [2.75, 3.05) is 0 Å². The van der Waals surface area contributed by atoms with E-state index in [-0.39, 0.29) is 18.0 Å². The first-order valence-corrected chi connectivity index (χ1v) is 6.02. The lowest BCUT2D eigenvalue weighted by Gasteiger charge is -2.07. The fraction of sp³-hybridized carbons (Fsp3) is 0.250. The summed E-state index contributed by atoms with van der Waals surface area (Å²) >= 11 is 6.04. The number of hydrogen-bond donors (Lipinski definition) is 0. The number of nitro groups is 1. The van der Waals surface area contributed by atoms with Crippen molar-refractivity contribution in [2.45, 2.75) is 13.5 Å². The molecule has 0 spiro atoms. The summed E-state index contributed by atoms with van der Waals surface area (Å²) in [6.07, 6.45) is 0. The predicted octanol–water partition coefficient (Wildman–Crippen LogP) is 3.01. The average molecular weight is 300 g/mol. The third kappa shape index (κ3) is 2.72. The smallest absolute Gasteiger partial charge is 0.311 e. The first kappa shape index (κ1) is 14.3. The molecular weight excluding hydrogens is 289 g/mol. The molecule has 0 fully saturated rings. The lowest BCUT2D eigenvalue weighted by molar-refractivity contribution is -0.386. The zero-order chi connectivity index (χ0) is 14.9. The quantitative estimate of drug-likeness (QED) is 0.643. The molecule has 1 aromatic heterocycles. The summed E-state index contributed by atoms with van der Waals surface area (Å²) in [5.74, 6) is -0.761. The standard InChI is InChI=1S/C12H11ClFN3O3/c1-7-12(13)10(16(2)15-7)6-20-11-5-8(14)3-4-9(11)17(18)19/h3-5H,6H2,1-2H3. The molecule has 0 aliphatic carbocycles. The maximum absolute atomic E-state index is 13.2. The maximum Gasteiger partial charge on any atom is 0.311 e. The van der Waals surface area contributed by atoms with Crippen LogP contribution in [0.2, 0.25) is 5.02 Å². The number of nitrogens with zero attached hydrogens (tertiary/aromatic N) is 3. The summed E-state index contributed by atoms with van der Waals surface area (Å²) in [5, 5.41) is 15.4. The largest absolute Gasteiger partial charge is 0.480 e. The molecule has 106 valence electrons. The minimum atomic E-state index is -0.634. The summed E-state index contributed by atoms with van der Waals surface area (Å²) in [6, 6.07) is 3.03. The Balaban J connectivity index is 2.27. The van der Waals surface area contributed by atoms with Crippen LogP contribution in [0.3, 0.4) is 0 Å². The molecule has 8 heteroatoms. The van der Waals surface area contributed by atoms with Crippen LogP contribution in [0.5, 0.6) is 5.75 Å². The summed E-state index contributed by atoms with van der Waals surface area (Å²) in [4.78, 5) is 10.2. The molecule has 0 saturated heterocycles. The molecule has 20 heavy (non-hydrogen) atoms. The summed E-state index contributed by atoms with van der Waals surface area (Å²) in [7, 11) is 1.68. The Morgan fingerprint density at radius 2 is 2.25 bits per heavy atom. The number of aryl methyl sites for hydroxylation is 2. The van der Waals surface area contributed by atoms with Crippen LogP contribution in [0, 0.1) is 22.9 Å². The third-order valence-corrected chi connectivity index (χ3v) is 3.24. The van der Waals surface area contributed by atoms with E-state index in [2.05, 4.69) is 5.10 Å². The topological polar surface area (TPSA) is 70.2 Å². The second-order valence-electron chi connectivity index (χ2n) is 4.13. The fourth-order valence-corrected chi connectivity index (χ4v) is 1.95. The van der Waals surface area contributed by atoms with Gasteiger partial charge in [-0.3, -0.25) is 14.8 Å². The lowest BCUT2D eigenvalue weighted by Crippen LogP contribution is -2.05. The van der Waals surface area contributed by atoms with Crippen molar-refractivity contribution in [3.8, 4) is 5.75 Å². The van der Waals surface area contributed by atoms with Gasteiger partial charge in [0.2, 0.25) is 0 Å². The molecule has 0 aliphatic heterocycles. The van der Waals surface area contributed by atoms with Crippen LogP contribution in [0.25, 0.3) is 0 Å². The number of aromatic nitrogens is 2. The van der Waals surface area contributed by atoms with Gasteiger partial charge in [-0.05, 0) is 13.0 Å². The Morgan fingerprint density at radius 3 is 2.80 bits per heavy atom. The van der Waals surface area contributed by atoms with E-state index < -0.39 is 10.7 Å². The van der Waals surface area contributed by atoms with E-state index in [1.54, 1.807) is 14.0 Å². The molecule has 0 N–H and O–H groups in total. The van der Waals surface area contributed by atoms with Crippen molar-refractivity contribution in [2.24, 2.45) is 7.05 Å². The van der Waals surface area contributed by atoms with Crippen molar-refractivity contribution in [3.63, 3.8) is 0 Å². The summed E-state index contributed by atoms with van der Waals surface area (Å²) in [6.45, 7) is 1.69. The Bertz CT molecular complexity index is 672. The SMILES string of the molecule is Cc1nn(C)c(COc2cc(F)ccc2[N+](=O)[O-])c1Cl. The van der Waals surface area contributed by atoms with Gasteiger partial charge in [0.1, 0.15) is 12.4 Å². The number of benzene rings is 1. The zero-order valence-electron chi connectivity index (χ0n) is 10.8. The first-order valence-electron chi connectivity index (χ1n) is 5.65. The highest BCUT2D eigenvalue weighted by molar-refractivity contribution is 6.31. The van der Waals surface area contributed by atoms with Crippen LogP contribution >= 0.6 is 11.6 Å². The van der Waals surface area contributed by atoms with E-state index in [1.165, 1.54) is 4.68 Å². The Kier molecular flexibility index (Phi) is 3.89. The van der Waals surface area contributed by atoms with Crippen LogP contribution < -0.4 is 4.74 Å². The van der Waals surface area contributed by atoms with Gasteiger partial charge in [-0.1, -0.05) is 11.6 Å². The zero-order valence-corrected chi connectivity index (χ0v) is 11.5. The minimum Gasteiger partial charge on any atom is -0.480 e. The molecule has 0 bridgehead atoms. The van der Waals surface area contributed by atoms with Crippen molar-refractivity contribution >= 4 is 17.3 Å². The van der Waals surface area contributed by atoms with Crippen molar-refractivity contribution < 1.29 is 14.1 Å². The van der Waals surface area contributed by atoms with Gasteiger partial charge in [0.15, 0.2) is 5.75 Å². The minimum absolute atomic E-state index is 0.0412. The summed E-state index contributed by atoms with van der Waals surface area (Å²) < 4.78 is 20.0. The molecule has 0 unspecified atom stereocenters. The first-order chi connectivity index (χ1) is 9.40. The molecule has 0 amide bonds. The van der Waals surface area contributed by atoms with Gasteiger partial charge in [-0.25, -0.2) is 4.39 Å². The molecule has 0 aliphatic rings. The van der Waals surface area contributed by atoms with Crippen LogP contribution in [0.4, 0.5) is 10.1 Å². The van der Waals surface area contributed by atoms with E-state index in [4.69, 9.17) is 16.3 Å². The highest BCUT2D eigenvalue weighted by Gasteiger charge is 2.18. The molecular formula is C12H11ClFN3O3. The predicted molar refractivity (Wildman–Crippen MR) is 70.3 cm³/mol. The molecule has 2 rings (SSSR count). The molecule has 0 saturated carbocycles. The van der Waals surface area contributed by atoms with E-state index >= 15 is 0 Å². The van der Waals surface area contributed by atoms with Crippen molar-refractivity contribution in [1.82, 2.24) is 9.78 Å². The molecule has 6 nitrogen and oxygen atoms in total. The Morgan fingerprint density at radius 1 is 1.55 bits per heavy atom. The molecule has 1 heterocycles. The summed E-state index contributed by atoms with van der Waals surface area (Å²) in [5.41, 5.74) is 0.880.